The predicted octanol–water partition coefficient (Wildman–Crippen LogP) is 5.31. The predicted molar refractivity (Wildman–Crippen MR) is 135 cm³/mol. The SMILES string of the molecule is Cc1ccc(-c2csc3ncnc(Nc4ccc(S(=O)(=O)Nc5nccc(C)n5)cc4)c23)cc1. The minimum Gasteiger partial charge on any atom is -0.340 e. The van der Waals surface area contributed by atoms with E-state index >= 15 is 0 Å². The van der Waals surface area contributed by atoms with Gasteiger partial charge in [0.2, 0.25) is 5.95 Å². The lowest BCUT2D eigenvalue weighted by atomic mass is 10.0. The van der Waals surface area contributed by atoms with Crippen molar-refractivity contribution >= 4 is 49.0 Å². The molecular formula is C24H20N6O2S2. The zero-order valence-electron chi connectivity index (χ0n) is 18.4. The number of sulfonamides is 1. The van der Waals surface area contributed by atoms with E-state index in [2.05, 4.69) is 66.5 Å². The molecule has 34 heavy (non-hydrogen) atoms. The molecule has 2 aromatic carbocycles. The Morgan fingerprint density at radius 2 is 1.65 bits per heavy atom. The Morgan fingerprint density at radius 3 is 2.38 bits per heavy atom. The van der Waals surface area contributed by atoms with Crippen molar-refractivity contribution < 1.29 is 8.42 Å². The summed E-state index contributed by atoms with van der Waals surface area (Å²) in [6.45, 7) is 3.82. The van der Waals surface area contributed by atoms with Crippen molar-refractivity contribution in [2.24, 2.45) is 0 Å². The van der Waals surface area contributed by atoms with E-state index in [1.807, 2.05) is 0 Å². The van der Waals surface area contributed by atoms with Gasteiger partial charge < -0.3 is 5.32 Å². The monoisotopic (exact) mass is 488 g/mol. The molecule has 5 aromatic rings. The first-order valence-electron chi connectivity index (χ1n) is 10.4. The molecule has 5 rings (SSSR count). The largest absolute Gasteiger partial charge is 0.340 e. The summed E-state index contributed by atoms with van der Waals surface area (Å²) >= 11 is 1.55. The molecule has 0 bridgehead atoms. The van der Waals surface area contributed by atoms with Gasteiger partial charge in [-0.3, -0.25) is 0 Å². The Bertz CT molecular complexity index is 1580. The molecule has 3 aromatic heterocycles. The number of hydrogen-bond acceptors (Lipinski definition) is 8. The third-order valence-corrected chi connectivity index (χ3v) is 7.41. The quantitative estimate of drug-likeness (QED) is 0.333. The molecule has 3 heterocycles. The van der Waals surface area contributed by atoms with Crippen molar-refractivity contribution in [1.82, 2.24) is 19.9 Å². The Hall–Kier alpha value is -3.89. The third kappa shape index (κ3) is 4.45. The van der Waals surface area contributed by atoms with Crippen LogP contribution < -0.4 is 10.0 Å². The van der Waals surface area contributed by atoms with E-state index in [0.29, 0.717) is 17.2 Å². The molecule has 0 atom stereocenters. The number of nitrogens with zero attached hydrogens (tertiary/aromatic N) is 4. The van der Waals surface area contributed by atoms with E-state index in [1.54, 1.807) is 36.5 Å². The summed E-state index contributed by atoms with van der Waals surface area (Å²) in [6, 6.07) is 16.4. The first-order valence-corrected chi connectivity index (χ1v) is 12.7. The number of thiophene rings is 1. The average molecular weight is 489 g/mol. The van der Waals surface area contributed by atoms with Crippen LogP contribution in [0.25, 0.3) is 21.3 Å². The van der Waals surface area contributed by atoms with Gasteiger partial charge in [-0.2, -0.15) is 0 Å². The van der Waals surface area contributed by atoms with Gasteiger partial charge in [0.05, 0.1) is 10.3 Å². The first-order chi connectivity index (χ1) is 16.4. The van der Waals surface area contributed by atoms with Gasteiger partial charge in [-0.25, -0.2) is 33.1 Å². The maximum Gasteiger partial charge on any atom is 0.264 e. The summed E-state index contributed by atoms with van der Waals surface area (Å²) in [4.78, 5) is 17.9. The molecule has 0 aliphatic rings. The highest BCUT2D eigenvalue weighted by Gasteiger charge is 2.17. The second-order valence-electron chi connectivity index (χ2n) is 7.69. The zero-order chi connectivity index (χ0) is 23.7. The molecule has 10 heteroatoms. The normalized spacial score (nSPS) is 11.5. The van der Waals surface area contributed by atoms with Crippen LogP contribution >= 0.6 is 11.3 Å². The zero-order valence-corrected chi connectivity index (χ0v) is 20.0. The van der Waals surface area contributed by atoms with Crippen LogP contribution in [0.3, 0.4) is 0 Å². The summed E-state index contributed by atoms with van der Waals surface area (Å²) in [5.74, 6) is 0.690. The van der Waals surface area contributed by atoms with E-state index in [0.717, 1.165) is 21.3 Å². The van der Waals surface area contributed by atoms with Crippen molar-refractivity contribution in [3.05, 3.63) is 83.8 Å². The molecule has 0 spiro atoms. The Morgan fingerprint density at radius 1 is 0.882 bits per heavy atom. The number of fused-ring (bicyclic) bond motifs is 1. The molecule has 0 saturated carbocycles. The second-order valence-corrected chi connectivity index (χ2v) is 10.2. The number of aryl methyl sites for hydroxylation is 2. The van der Waals surface area contributed by atoms with Gasteiger partial charge in [0, 0.05) is 28.5 Å². The van der Waals surface area contributed by atoms with Crippen molar-refractivity contribution in [2.45, 2.75) is 18.7 Å². The second kappa shape index (κ2) is 8.81. The summed E-state index contributed by atoms with van der Waals surface area (Å²) in [5, 5.41) is 6.30. The van der Waals surface area contributed by atoms with Crippen molar-refractivity contribution in [3.63, 3.8) is 0 Å². The van der Waals surface area contributed by atoms with Crippen LogP contribution in [0.5, 0.6) is 0 Å². The highest BCUT2D eigenvalue weighted by molar-refractivity contribution is 7.92. The number of nitrogens with one attached hydrogen (secondary N) is 2. The minimum absolute atomic E-state index is 0.0340. The van der Waals surface area contributed by atoms with Crippen LogP contribution in [-0.2, 0) is 10.0 Å². The summed E-state index contributed by atoms with van der Waals surface area (Å²) in [7, 11) is -3.82. The topological polar surface area (TPSA) is 110 Å². The van der Waals surface area contributed by atoms with Crippen LogP contribution in [0.1, 0.15) is 11.3 Å². The molecule has 0 unspecified atom stereocenters. The van der Waals surface area contributed by atoms with Crippen LogP contribution in [0.2, 0.25) is 0 Å². The fourth-order valence-corrected chi connectivity index (χ4v) is 5.31. The summed E-state index contributed by atoms with van der Waals surface area (Å²) < 4.78 is 27.8. The highest BCUT2D eigenvalue weighted by atomic mass is 32.2. The van der Waals surface area contributed by atoms with E-state index in [-0.39, 0.29) is 10.8 Å². The molecule has 0 amide bonds. The van der Waals surface area contributed by atoms with Crippen LogP contribution in [0.4, 0.5) is 17.5 Å². The van der Waals surface area contributed by atoms with Gasteiger partial charge in [0.25, 0.3) is 10.0 Å². The van der Waals surface area contributed by atoms with E-state index in [4.69, 9.17) is 0 Å². The summed E-state index contributed by atoms with van der Waals surface area (Å²) in [6.07, 6.45) is 3.02. The standard InChI is InChI=1S/C24H20N6O2S2/c1-15-3-5-17(6-4-15)20-13-33-23-21(20)22(26-14-27-23)29-18-7-9-19(10-8-18)34(31,32)30-24-25-12-11-16(2)28-24/h3-14H,1-2H3,(H,25,28,30)(H,26,27,29). The first kappa shape index (κ1) is 21.9. The molecule has 2 N–H and O–H groups in total. The van der Waals surface area contributed by atoms with Crippen LogP contribution in [-0.4, -0.2) is 28.4 Å². The fourth-order valence-electron chi connectivity index (χ4n) is 3.45. The number of benzene rings is 2. The molecule has 8 nitrogen and oxygen atoms in total. The lowest BCUT2D eigenvalue weighted by Crippen LogP contribution is -2.15. The summed E-state index contributed by atoms with van der Waals surface area (Å²) in [5.41, 5.74) is 4.69. The minimum atomic E-state index is -3.82. The lowest BCUT2D eigenvalue weighted by Gasteiger charge is -2.10. The molecule has 0 fully saturated rings. The molecule has 0 saturated heterocycles. The number of anilines is 3. The van der Waals surface area contributed by atoms with Gasteiger partial charge in [-0.15, -0.1) is 11.3 Å². The van der Waals surface area contributed by atoms with Crippen molar-refractivity contribution in [2.75, 3.05) is 10.0 Å². The molecule has 0 aliphatic carbocycles. The Labute approximate surface area is 200 Å². The maximum absolute atomic E-state index is 12.7. The van der Waals surface area contributed by atoms with Gasteiger partial charge in [0.1, 0.15) is 17.0 Å². The third-order valence-electron chi connectivity index (χ3n) is 5.18. The molecule has 0 aliphatic heterocycles. The Balaban J connectivity index is 1.42. The van der Waals surface area contributed by atoms with Crippen molar-refractivity contribution in [3.8, 4) is 11.1 Å². The van der Waals surface area contributed by atoms with E-state index in [1.165, 1.54) is 30.2 Å². The number of hydrogen-bond donors (Lipinski definition) is 2. The van der Waals surface area contributed by atoms with E-state index < -0.39 is 10.0 Å². The molecule has 0 radical (unpaired) electrons. The number of aromatic nitrogens is 4. The van der Waals surface area contributed by atoms with Crippen molar-refractivity contribution in [1.29, 1.82) is 0 Å². The molecule has 170 valence electrons. The maximum atomic E-state index is 12.7. The lowest BCUT2D eigenvalue weighted by molar-refractivity contribution is 0.601. The molecular weight excluding hydrogens is 468 g/mol. The number of rotatable bonds is 6. The van der Waals surface area contributed by atoms with Gasteiger partial charge in [0.15, 0.2) is 0 Å². The highest BCUT2D eigenvalue weighted by Crippen LogP contribution is 2.37. The Kier molecular flexibility index (Phi) is 5.68. The average Bonchev–Trinajstić information content (AvgIpc) is 3.25. The van der Waals surface area contributed by atoms with E-state index in [9.17, 15) is 8.42 Å². The fraction of sp³-hybridized carbons (Fsp3) is 0.0833. The van der Waals surface area contributed by atoms with Crippen LogP contribution in [0.15, 0.2) is 77.4 Å². The van der Waals surface area contributed by atoms with Gasteiger partial charge >= 0.3 is 0 Å². The van der Waals surface area contributed by atoms with Gasteiger partial charge in [-0.1, -0.05) is 29.8 Å². The van der Waals surface area contributed by atoms with Gasteiger partial charge in [-0.05, 0) is 49.7 Å². The smallest absolute Gasteiger partial charge is 0.264 e. The van der Waals surface area contributed by atoms with Crippen LogP contribution in [0, 0.1) is 13.8 Å².